The van der Waals surface area contributed by atoms with Crippen LogP contribution in [0.25, 0.3) is 0 Å². The molecule has 1 atom stereocenters. The first-order valence-corrected chi connectivity index (χ1v) is 10.4. The maximum absolute atomic E-state index is 13.5. The van der Waals surface area contributed by atoms with Crippen molar-refractivity contribution in [2.45, 2.75) is 26.2 Å². The minimum absolute atomic E-state index is 0.253. The van der Waals surface area contributed by atoms with E-state index in [0.717, 1.165) is 12.0 Å². The Morgan fingerprint density at radius 3 is 1.74 bits per heavy atom. The Bertz CT molecular complexity index is 851. The molecule has 27 heavy (non-hydrogen) atoms. The number of hydrogen-bond acceptors (Lipinski definition) is 4. The van der Waals surface area contributed by atoms with E-state index in [1.807, 2.05) is 30.3 Å². The fraction of sp³-hybridized carbons (Fsp3) is 0.182. The molecule has 0 radical (unpaired) electrons. The molecular weight excluding hydrogens is 359 g/mol. The number of phosphoric acid groups is 1. The number of benzene rings is 3. The summed E-state index contributed by atoms with van der Waals surface area (Å²) < 4.78 is 30.8. The first kappa shape index (κ1) is 19.1. The van der Waals surface area contributed by atoms with Gasteiger partial charge >= 0.3 is 7.82 Å². The molecule has 0 aromatic heterocycles. The molecule has 0 amide bonds. The molecule has 0 aliphatic carbocycles. The van der Waals surface area contributed by atoms with Gasteiger partial charge in [-0.25, -0.2) is 0 Å². The van der Waals surface area contributed by atoms with Gasteiger partial charge in [0.1, 0.15) is 17.2 Å². The second kappa shape index (κ2) is 8.79. The van der Waals surface area contributed by atoms with Gasteiger partial charge in [-0.15, -0.1) is 0 Å². The third-order valence-corrected chi connectivity index (χ3v) is 5.48. The lowest BCUT2D eigenvalue weighted by Crippen LogP contribution is -2.09. The van der Waals surface area contributed by atoms with Crippen LogP contribution < -0.4 is 13.6 Å². The van der Waals surface area contributed by atoms with Crippen molar-refractivity contribution in [2.75, 3.05) is 0 Å². The van der Waals surface area contributed by atoms with E-state index >= 15 is 0 Å². The summed E-state index contributed by atoms with van der Waals surface area (Å²) in [4.78, 5) is 0. The highest BCUT2D eigenvalue weighted by molar-refractivity contribution is 7.49. The smallest absolute Gasteiger partial charge is 0.386 e. The van der Waals surface area contributed by atoms with E-state index in [4.69, 9.17) is 13.6 Å². The van der Waals surface area contributed by atoms with E-state index in [1.165, 1.54) is 0 Å². The maximum atomic E-state index is 13.5. The molecule has 4 nitrogen and oxygen atoms in total. The Balaban J connectivity index is 1.94. The van der Waals surface area contributed by atoms with Crippen LogP contribution >= 0.6 is 7.82 Å². The van der Waals surface area contributed by atoms with Gasteiger partial charge in [-0.2, -0.15) is 4.57 Å². The second-order valence-electron chi connectivity index (χ2n) is 6.19. The highest BCUT2D eigenvalue weighted by Crippen LogP contribution is 2.51. The summed E-state index contributed by atoms with van der Waals surface area (Å²) in [5.74, 6) is 1.58. The van der Waals surface area contributed by atoms with Crippen molar-refractivity contribution in [3.63, 3.8) is 0 Å². The summed E-state index contributed by atoms with van der Waals surface area (Å²) in [7, 11) is -3.96. The molecule has 5 heteroatoms. The Kier molecular flexibility index (Phi) is 6.20. The first-order chi connectivity index (χ1) is 13.1. The van der Waals surface area contributed by atoms with Crippen molar-refractivity contribution in [1.82, 2.24) is 0 Å². The highest BCUT2D eigenvalue weighted by atomic mass is 31.2. The molecule has 0 aliphatic rings. The molecule has 3 rings (SSSR count). The SMILES string of the molecule is CCC(C)c1ccccc1OP(=O)(Oc1ccccc1)Oc1ccccc1. The standard InChI is InChI=1S/C22H23O4P/c1-3-18(2)21-16-10-11-17-22(21)26-27(23,24-19-12-6-4-7-13-19)25-20-14-8-5-9-15-20/h4-18H,3H2,1-2H3. The predicted octanol–water partition coefficient (Wildman–Crippen LogP) is 6.85. The fourth-order valence-electron chi connectivity index (χ4n) is 2.59. The molecule has 0 bridgehead atoms. The average Bonchev–Trinajstić information content (AvgIpc) is 2.69. The van der Waals surface area contributed by atoms with Gasteiger partial charge < -0.3 is 13.6 Å². The van der Waals surface area contributed by atoms with E-state index in [-0.39, 0.29) is 5.92 Å². The Hall–Kier alpha value is -2.71. The summed E-state index contributed by atoms with van der Waals surface area (Å²) in [5.41, 5.74) is 0.966. The summed E-state index contributed by atoms with van der Waals surface area (Å²) in [5, 5.41) is 0. The topological polar surface area (TPSA) is 44.8 Å². The monoisotopic (exact) mass is 382 g/mol. The molecule has 3 aromatic rings. The summed E-state index contributed by atoms with van der Waals surface area (Å²) in [6, 6.07) is 25.3. The first-order valence-electron chi connectivity index (χ1n) is 8.97. The lowest BCUT2D eigenvalue weighted by Gasteiger charge is -2.22. The Morgan fingerprint density at radius 2 is 1.22 bits per heavy atom. The van der Waals surface area contributed by atoms with E-state index in [2.05, 4.69) is 13.8 Å². The van der Waals surface area contributed by atoms with Gasteiger partial charge in [0.2, 0.25) is 0 Å². The van der Waals surface area contributed by atoms with Gasteiger partial charge in [-0.3, -0.25) is 0 Å². The molecule has 0 fully saturated rings. The molecule has 0 N–H and O–H groups in total. The highest BCUT2D eigenvalue weighted by Gasteiger charge is 2.34. The Labute approximate surface area is 160 Å². The van der Waals surface area contributed by atoms with Crippen molar-refractivity contribution < 1.29 is 18.1 Å². The van der Waals surface area contributed by atoms with Crippen molar-refractivity contribution in [3.05, 3.63) is 90.5 Å². The lowest BCUT2D eigenvalue weighted by atomic mass is 9.98. The third-order valence-electron chi connectivity index (χ3n) is 4.19. The third kappa shape index (κ3) is 5.15. The van der Waals surface area contributed by atoms with Crippen LogP contribution in [0.3, 0.4) is 0 Å². The molecule has 3 aromatic carbocycles. The van der Waals surface area contributed by atoms with E-state index in [9.17, 15) is 4.57 Å². The zero-order valence-electron chi connectivity index (χ0n) is 15.4. The summed E-state index contributed by atoms with van der Waals surface area (Å²) in [6.45, 7) is 4.20. The van der Waals surface area contributed by atoms with Gasteiger partial charge in [0.25, 0.3) is 0 Å². The van der Waals surface area contributed by atoms with Crippen LogP contribution in [0.2, 0.25) is 0 Å². The quantitative estimate of drug-likeness (QED) is 0.400. The molecule has 0 spiro atoms. The van der Waals surface area contributed by atoms with Crippen LogP contribution in [0.1, 0.15) is 31.7 Å². The number of phosphoric ester groups is 1. The van der Waals surface area contributed by atoms with Gasteiger partial charge in [0, 0.05) is 0 Å². The lowest BCUT2D eigenvalue weighted by molar-refractivity contribution is 0.297. The molecule has 0 saturated heterocycles. The summed E-state index contributed by atoms with van der Waals surface area (Å²) in [6.07, 6.45) is 0.934. The maximum Gasteiger partial charge on any atom is 0.647 e. The van der Waals surface area contributed by atoms with Gasteiger partial charge in [-0.05, 0) is 48.2 Å². The number of para-hydroxylation sites is 3. The summed E-state index contributed by atoms with van der Waals surface area (Å²) >= 11 is 0. The van der Waals surface area contributed by atoms with E-state index in [1.54, 1.807) is 54.6 Å². The van der Waals surface area contributed by atoms with Crippen LogP contribution in [0.15, 0.2) is 84.9 Å². The molecule has 0 saturated carbocycles. The van der Waals surface area contributed by atoms with E-state index in [0.29, 0.717) is 17.2 Å². The average molecular weight is 382 g/mol. The number of hydrogen-bond donors (Lipinski definition) is 0. The molecule has 0 heterocycles. The van der Waals surface area contributed by atoms with Crippen molar-refractivity contribution in [1.29, 1.82) is 0 Å². The van der Waals surface area contributed by atoms with E-state index < -0.39 is 7.82 Å². The van der Waals surface area contributed by atoms with Gasteiger partial charge in [0.15, 0.2) is 0 Å². The Morgan fingerprint density at radius 1 is 0.741 bits per heavy atom. The van der Waals surface area contributed by atoms with Gasteiger partial charge in [0.05, 0.1) is 0 Å². The zero-order valence-corrected chi connectivity index (χ0v) is 16.3. The molecular formula is C22H23O4P. The minimum atomic E-state index is -3.96. The normalized spacial score (nSPS) is 12.2. The number of rotatable bonds is 8. The van der Waals surface area contributed by atoms with Crippen LogP contribution in [-0.4, -0.2) is 0 Å². The van der Waals surface area contributed by atoms with Crippen molar-refractivity contribution >= 4 is 7.82 Å². The largest absolute Gasteiger partial charge is 0.647 e. The van der Waals surface area contributed by atoms with Crippen molar-refractivity contribution in [2.24, 2.45) is 0 Å². The van der Waals surface area contributed by atoms with Crippen molar-refractivity contribution in [3.8, 4) is 17.2 Å². The molecule has 0 aliphatic heterocycles. The van der Waals surface area contributed by atoms with Crippen LogP contribution in [0.5, 0.6) is 17.2 Å². The van der Waals surface area contributed by atoms with Gasteiger partial charge in [-0.1, -0.05) is 68.4 Å². The zero-order chi connectivity index (χ0) is 19.1. The van der Waals surface area contributed by atoms with Crippen LogP contribution in [-0.2, 0) is 4.57 Å². The molecule has 140 valence electrons. The van der Waals surface area contributed by atoms with Crippen LogP contribution in [0, 0.1) is 0 Å². The minimum Gasteiger partial charge on any atom is -0.386 e. The predicted molar refractivity (Wildman–Crippen MR) is 108 cm³/mol. The fourth-order valence-corrected chi connectivity index (χ4v) is 3.87. The second-order valence-corrected chi connectivity index (χ2v) is 7.64. The van der Waals surface area contributed by atoms with Crippen LogP contribution in [0.4, 0.5) is 0 Å². The molecule has 1 unspecified atom stereocenters.